The molecule has 2 rings (SSSR count). The Bertz CT molecular complexity index is 823. The van der Waals surface area contributed by atoms with Gasteiger partial charge in [-0.2, -0.15) is 0 Å². The Morgan fingerprint density at radius 3 is 2.55 bits per heavy atom. The quantitative estimate of drug-likeness (QED) is 0.581. The topological polar surface area (TPSA) is 61.4 Å². The van der Waals surface area contributed by atoms with E-state index < -0.39 is 0 Å². The van der Waals surface area contributed by atoms with Crippen LogP contribution in [0.2, 0.25) is 0 Å². The van der Waals surface area contributed by atoms with Gasteiger partial charge in [0.25, 0.3) is 5.91 Å². The predicted octanol–water partition coefficient (Wildman–Crippen LogP) is 3.87. The predicted molar refractivity (Wildman–Crippen MR) is 122 cm³/mol. The standard InChI is InChI=1S/C23H31N3O2S/c1-5-26(19-10-8-9-18(4)15-19)14-13-24-23(28)20-11-6-7-12-21(20)29-16-22(27)25-17(2)3/h6-12,15,17H,5,13-14,16H2,1-4H3,(H,24,28)(H,25,27). The molecule has 156 valence electrons. The number of nitrogens with zero attached hydrogens (tertiary/aromatic N) is 1. The van der Waals surface area contributed by atoms with Gasteiger partial charge in [0, 0.05) is 36.3 Å². The van der Waals surface area contributed by atoms with Crippen LogP contribution >= 0.6 is 11.8 Å². The second kappa shape index (κ2) is 11.5. The number of nitrogens with one attached hydrogen (secondary N) is 2. The number of rotatable bonds is 10. The highest BCUT2D eigenvalue weighted by Crippen LogP contribution is 2.22. The number of carbonyl (C=O) groups excluding carboxylic acids is 2. The van der Waals surface area contributed by atoms with Crippen LogP contribution in [0.5, 0.6) is 0 Å². The Balaban J connectivity index is 1.92. The van der Waals surface area contributed by atoms with Crippen molar-refractivity contribution in [3.63, 3.8) is 0 Å². The molecule has 2 aromatic rings. The summed E-state index contributed by atoms with van der Waals surface area (Å²) < 4.78 is 0. The van der Waals surface area contributed by atoms with Gasteiger partial charge in [0.2, 0.25) is 5.91 Å². The van der Waals surface area contributed by atoms with Crippen LogP contribution < -0.4 is 15.5 Å². The molecular weight excluding hydrogens is 382 g/mol. The number of anilines is 1. The van der Waals surface area contributed by atoms with E-state index in [1.807, 2.05) is 32.0 Å². The van der Waals surface area contributed by atoms with Gasteiger partial charge in [0.05, 0.1) is 11.3 Å². The smallest absolute Gasteiger partial charge is 0.252 e. The molecule has 0 atom stereocenters. The minimum atomic E-state index is -0.113. The number of hydrogen-bond acceptors (Lipinski definition) is 4. The van der Waals surface area contributed by atoms with Crippen LogP contribution in [-0.4, -0.2) is 43.2 Å². The second-order valence-corrected chi connectivity index (χ2v) is 8.20. The summed E-state index contributed by atoms with van der Waals surface area (Å²) in [4.78, 5) is 27.7. The lowest BCUT2D eigenvalue weighted by molar-refractivity contribution is -0.119. The minimum absolute atomic E-state index is 0.0306. The summed E-state index contributed by atoms with van der Waals surface area (Å²) in [5.41, 5.74) is 2.99. The normalized spacial score (nSPS) is 10.7. The lowest BCUT2D eigenvalue weighted by Gasteiger charge is -2.23. The number of hydrogen-bond donors (Lipinski definition) is 2. The van der Waals surface area contributed by atoms with Crippen molar-refractivity contribution in [2.75, 3.05) is 30.3 Å². The lowest BCUT2D eigenvalue weighted by atomic mass is 10.2. The summed E-state index contributed by atoms with van der Waals surface area (Å²) in [6.07, 6.45) is 0. The summed E-state index contributed by atoms with van der Waals surface area (Å²) in [7, 11) is 0. The molecule has 0 heterocycles. The highest BCUT2D eigenvalue weighted by molar-refractivity contribution is 8.00. The molecule has 0 aromatic heterocycles. The SMILES string of the molecule is CCN(CCNC(=O)c1ccccc1SCC(=O)NC(C)C)c1cccc(C)c1. The fourth-order valence-electron chi connectivity index (χ4n) is 2.98. The van der Waals surface area contributed by atoms with E-state index >= 15 is 0 Å². The average Bonchev–Trinajstić information content (AvgIpc) is 2.69. The van der Waals surface area contributed by atoms with E-state index in [1.54, 1.807) is 6.07 Å². The van der Waals surface area contributed by atoms with E-state index in [0.29, 0.717) is 17.9 Å². The molecule has 2 amide bonds. The Labute approximate surface area is 178 Å². The molecule has 0 aliphatic rings. The maximum Gasteiger partial charge on any atom is 0.252 e. The maximum atomic E-state index is 12.7. The van der Waals surface area contributed by atoms with Crippen LogP contribution in [0.25, 0.3) is 0 Å². The van der Waals surface area contributed by atoms with Gasteiger partial charge in [-0.1, -0.05) is 24.3 Å². The van der Waals surface area contributed by atoms with Crippen molar-refractivity contribution in [2.24, 2.45) is 0 Å². The van der Waals surface area contributed by atoms with E-state index in [1.165, 1.54) is 17.3 Å². The van der Waals surface area contributed by atoms with Gasteiger partial charge >= 0.3 is 0 Å². The summed E-state index contributed by atoms with van der Waals surface area (Å²) >= 11 is 1.38. The Morgan fingerprint density at radius 1 is 1.10 bits per heavy atom. The zero-order valence-corrected chi connectivity index (χ0v) is 18.5. The fraction of sp³-hybridized carbons (Fsp3) is 0.391. The summed E-state index contributed by atoms with van der Waals surface area (Å²) in [5.74, 6) is 0.147. The third-order valence-corrected chi connectivity index (χ3v) is 5.43. The number of thioether (sulfide) groups is 1. The van der Waals surface area contributed by atoms with E-state index in [-0.39, 0.29) is 17.9 Å². The molecule has 0 saturated heterocycles. The first-order valence-electron chi connectivity index (χ1n) is 10.0. The van der Waals surface area contributed by atoms with Crippen LogP contribution in [0.15, 0.2) is 53.4 Å². The molecule has 0 fully saturated rings. The van der Waals surface area contributed by atoms with Gasteiger partial charge in [-0.15, -0.1) is 11.8 Å². The van der Waals surface area contributed by atoms with Crippen LogP contribution in [0.3, 0.4) is 0 Å². The highest BCUT2D eigenvalue weighted by atomic mass is 32.2. The zero-order chi connectivity index (χ0) is 21.2. The van der Waals surface area contributed by atoms with Crippen LogP contribution in [0.1, 0.15) is 36.7 Å². The first kappa shape index (κ1) is 22.8. The van der Waals surface area contributed by atoms with E-state index in [0.717, 1.165) is 23.7 Å². The summed E-state index contributed by atoms with van der Waals surface area (Å²) in [6.45, 7) is 10.2. The van der Waals surface area contributed by atoms with Crippen molar-refractivity contribution in [2.45, 2.75) is 38.6 Å². The van der Waals surface area contributed by atoms with Crippen LogP contribution in [0, 0.1) is 6.92 Å². The van der Waals surface area contributed by atoms with Gasteiger partial charge in [-0.25, -0.2) is 0 Å². The molecule has 2 aromatic carbocycles. The molecule has 6 heteroatoms. The summed E-state index contributed by atoms with van der Waals surface area (Å²) in [6, 6.07) is 15.9. The molecule has 0 radical (unpaired) electrons. The molecule has 29 heavy (non-hydrogen) atoms. The first-order chi connectivity index (χ1) is 13.9. The van der Waals surface area contributed by atoms with Crippen molar-refractivity contribution in [1.82, 2.24) is 10.6 Å². The van der Waals surface area contributed by atoms with Crippen molar-refractivity contribution in [3.05, 3.63) is 59.7 Å². The Kier molecular flexibility index (Phi) is 9.06. The Hall–Kier alpha value is -2.47. The molecule has 2 N–H and O–H groups in total. The fourth-order valence-corrected chi connectivity index (χ4v) is 3.84. The van der Waals surface area contributed by atoms with E-state index in [9.17, 15) is 9.59 Å². The number of aryl methyl sites for hydroxylation is 1. The monoisotopic (exact) mass is 413 g/mol. The average molecular weight is 414 g/mol. The van der Waals surface area contributed by atoms with Crippen molar-refractivity contribution >= 4 is 29.3 Å². The Morgan fingerprint density at radius 2 is 1.86 bits per heavy atom. The number of carbonyl (C=O) groups is 2. The minimum Gasteiger partial charge on any atom is -0.370 e. The molecule has 0 saturated carbocycles. The summed E-state index contributed by atoms with van der Waals surface area (Å²) in [5, 5.41) is 5.88. The molecular formula is C23H31N3O2S. The van der Waals surface area contributed by atoms with Crippen LogP contribution in [-0.2, 0) is 4.79 Å². The third-order valence-electron chi connectivity index (χ3n) is 4.36. The molecule has 0 aliphatic heterocycles. The van der Waals surface area contributed by atoms with Crippen LogP contribution in [0.4, 0.5) is 5.69 Å². The van der Waals surface area contributed by atoms with Gasteiger partial charge in [0.15, 0.2) is 0 Å². The molecule has 0 spiro atoms. The third kappa shape index (κ3) is 7.46. The van der Waals surface area contributed by atoms with Crippen molar-refractivity contribution in [1.29, 1.82) is 0 Å². The zero-order valence-electron chi connectivity index (χ0n) is 17.7. The van der Waals surface area contributed by atoms with Crippen molar-refractivity contribution in [3.8, 4) is 0 Å². The molecule has 0 unspecified atom stereocenters. The first-order valence-corrected chi connectivity index (χ1v) is 11.0. The van der Waals surface area contributed by atoms with Gasteiger partial charge < -0.3 is 15.5 Å². The number of benzene rings is 2. The van der Waals surface area contributed by atoms with Gasteiger partial charge in [-0.3, -0.25) is 9.59 Å². The molecule has 0 aliphatic carbocycles. The number of likely N-dealkylation sites (N-methyl/N-ethyl adjacent to an activating group) is 1. The van der Waals surface area contributed by atoms with E-state index in [4.69, 9.17) is 0 Å². The van der Waals surface area contributed by atoms with E-state index in [2.05, 4.69) is 53.6 Å². The maximum absolute atomic E-state index is 12.7. The number of amides is 2. The van der Waals surface area contributed by atoms with Crippen molar-refractivity contribution < 1.29 is 9.59 Å². The van der Waals surface area contributed by atoms with Gasteiger partial charge in [-0.05, 0) is 57.5 Å². The lowest BCUT2D eigenvalue weighted by Crippen LogP contribution is -2.35. The van der Waals surface area contributed by atoms with Gasteiger partial charge in [0.1, 0.15) is 0 Å². The molecule has 5 nitrogen and oxygen atoms in total. The second-order valence-electron chi connectivity index (χ2n) is 7.18. The largest absolute Gasteiger partial charge is 0.370 e. The molecule has 0 bridgehead atoms. The highest BCUT2D eigenvalue weighted by Gasteiger charge is 2.13.